The number of hydrogen-bond acceptors (Lipinski definition) is 4. The molecule has 0 spiro atoms. The van der Waals surface area contributed by atoms with Crippen molar-refractivity contribution < 1.29 is 18.7 Å². The van der Waals surface area contributed by atoms with Crippen molar-refractivity contribution in [1.29, 1.82) is 0 Å². The first kappa shape index (κ1) is 19.9. The number of carbonyl (C=O) groups is 2. The second kappa shape index (κ2) is 8.06. The molecule has 0 bridgehead atoms. The summed E-state index contributed by atoms with van der Waals surface area (Å²) < 4.78 is 21.6. The van der Waals surface area contributed by atoms with E-state index < -0.39 is 17.9 Å². The number of thiazole rings is 1. The number of esters is 1. The number of benzene rings is 2. The van der Waals surface area contributed by atoms with Gasteiger partial charge in [-0.1, -0.05) is 29.0 Å². The van der Waals surface area contributed by atoms with Crippen LogP contribution in [0.4, 0.5) is 4.39 Å². The van der Waals surface area contributed by atoms with Gasteiger partial charge >= 0.3 is 5.97 Å². The van der Waals surface area contributed by atoms with E-state index in [-0.39, 0.29) is 12.4 Å². The maximum absolute atomic E-state index is 14.2. The molecule has 1 heterocycles. The van der Waals surface area contributed by atoms with Crippen LogP contribution in [0.15, 0.2) is 41.4 Å². The Balaban J connectivity index is 2.20. The van der Waals surface area contributed by atoms with Gasteiger partial charge in [0, 0.05) is 5.56 Å². The fourth-order valence-electron chi connectivity index (χ4n) is 2.83. The molecule has 0 aliphatic carbocycles. The number of hydrogen-bond donors (Lipinski definition) is 0. The lowest BCUT2D eigenvalue weighted by Gasteiger charge is -2.14. The van der Waals surface area contributed by atoms with Crippen LogP contribution in [-0.2, 0) is 9.53 Å². The summed E-state index contributed by atoms with van der Waals surface area (Å²) in [6, 6.07) is 9.39. The number of carbonyl (C=O) groups excluding carboxylic acids is 2. The first-order valence-corrected chi connectivity index (χ1v) is 9.77. The predicted molar refractivity (Wildman–Crippen MR) is 107 cm³/mol. The highest BCUT2D eigenvalue weighted by molar-refractivity contribution is 7.16. The molecule has 5 nitrogen and oxygen atoms in total. The molecule has 1 aromatic heterocycles. The minimum absolute atomic E-state index is 0.230. The SMILES string of the molecule is CCOC(=O)C(C)n1c(=NC(=O)c2ccc(C)cc2)sc2cc(C)c(F)cc21. The van der Waals surface area contributed by atoms with Crippen molar-refractivity contribution in [1.82, 2.24) is 4.57 Å². The summed E-state index contributed by atoms with van der Waals surface area (Å²) in [4.78, 5) is 29.5. The minimum Gasteiger partial charge on any atom is -0.464 e. The Morgan fingerprint density at radius 1 is 1.21 bits per heavy atom. The van der Waals surface area contributed by atoms with Gasteiger partial charge in [-0.05, 0) is 57.5 Å². The van der Waals surface area contributed by atoms with Crippen LogP contribution in [0.1, 0.15) is 41.4 Å². The van der Waals surface area contributed by atoms with E-state index in [1.165, 1.54) is 17.4 Å². The summed E-state index contributed by atoms with van der Waals surface area (Å²) in [6.45, 7) is 7.20. The molecule has 0 aliphatic heterocycles. The van der Waals surface area contributed by atoms with Crippen LogP contribution in [0.5, 0.6) is 0 Å². The molecule has 0 radical (unpaired) electrons. The van der Waals surface area contributed by atoms with Gasteiger partial charge in [0.25, 0.3) is 5.91 Å². The van der Waals surface area contributed by atoms with Crippen LogP contribution in [0.3, 0.4) is 0 Å². The molecule has 0 aliphatic rings. The van der Waals surface area contributed by atoms with Gasteiger partial charge < -0.3 is 9.30 Å². The van der Waals surface area contributed by atoms with Gasteiger partial charge in [-0.15, -0.1) is 0 Å². The van der Waals surface area contributed by atoms with Crippen LogP contribution in [0.25, 0.3) is 10.2 Å². The molecule has 1 unspecified atom stereocenters. The van der Waals surface area contributed by atoms with Gasteiger partial charge in [0.15, 0.2) is 4.80 Å². The Bertz CT molecular complexity index is 1110. The van der Waals surface area contributed by atoms with E-state index in [0.29, 0.717) is 21.4 Å². The van der Waals surface area contributed by atoms with Gasteiger partial charge in [-0.3, -0.25) is 4.79 Å². The number of nitrogens with zero attached hydrogens (tertiary/aromatic N) is 2. The quantitative estimate of drug-likeness (QED) is 0.613. The standard InChI is InChI=1S/C21H21FN2O3S/c1-5-27-20(26)14(4)24-17-11-16(22)13(3)10-18(17)28-21(24)23-19(25)15-8-6-12(2)7-9-15/h6-11,14H,5H2,1-4H3. The topological polar surface area (TPSA) is 60.7 Å². The summed E-state index contributed by atoms with van der Waals surface area (Å²) in [7, 11) is 0. The van der Waals surface area contributed by atoms with Crippen molar-refractivity contribution >= 4 is 33.4 Å². The van der Waals surface area contributed by atoms with Gasteiger partial charge in [0.2, 0.25) is 0 Å². The average molecular weight is 400 g/mol. The molecular formula is C21H21FN2O3S. The first-order valence-electron chi connectivity index (χ1n) is 8.95. The molecule has 28 heavy (non-hydrogen) atoms. The maximum atomic E-state index is 14.2. The Morgan fingerprint density at radius 2 is 1.89 bits per heavy atom. The zero-order valence-corrected chi connectivity index (χ0v) is 17.0. The molecule has 0 fully saturated rings. The Hall–Kier alpha value is -2.80. The zero-order valence-electron chi connectivity index (χ0n) is 16.2. The first-order chi connectivity index (χ1) is 13.3. The Morgan fingerprint density at radius 3 is 2.54 bits per heavy atom. The van der Waals surface area contributed by atoms with Gasteiger partial charge in [-0.2, -0.15) is 4.99 Å². The molecule has 1 amide bonds. The second-order valence-corrected chi connectivity index (χ2v) is 7.54. The highest BCUT2D eigenvalue weighted by Gasteiger charge is 2.22. The summed E-state index contributed by atoms with van der Waals surface area (Å²) in [5, 5.41) is 0. The number of halogens is 1. The molecule has 3 aromatic rings. The number of aromatic nitrogens is 1. The molecule has 0 N–H and O–H groups in total. The Labute approximate surface area is 166 Å². The van der Waals surface area contributed by atoms with Crippen LogP contribution in [0, 0.1) is 19.7 Å². The third kappa shape index (κ3) is 3.89. The Kier molecular flexibility index (Phi) is 5.74. The third-order valence-corrected chi connectivity index (χ3v) is 5.44. The third-order valence-electron chi connectivity index (χ3n) is 4.42. The summed E-state index contributed by atoms with van der Waals surface area (Å²) in [5.74, 6) is -1.27. The van der Waals surface area contributed by atoms with Crippen LogP contribution < -0.4 is 4.80 Å². The molecule has 2 aromatic carbocycles. The highest BCUT2D eigenvalue weighted by Crippen LogP contribution is 2.25. The number of fused-ring (bicyclic) bond motifs is 1. The smallest absolute Gasteiger partial charge is 0.328 e. The van der Waals surface area contributed by atoms with Crippen molar-refractivity contribution in [2.24, 2.45) is 4.99 Å². The molecule has 0 saturated heterocycles. The fraction of sp³-hybridized carbons (Fsp3) is 0.286. The lowest BCUT2D eigenvalue weighted by Crippen LogP contribution is -2.27. The van der Waals surface area contributed by atoms with Crippen LogP contribution in [0.2, 0.25) is 0 Å². The molecule has 0 saturated carbocycles. The van der Waals surface area contributed by atoms with E-state index in [1.807, 2.05) is 19.1 Å². The number of rotatable bonds is 4. The summed E-state index contributed by atoms with van der Waals surface area (Å²) >= 11 is 1.24. The van der Waals surface area contributed by atoms with Crippen molar-refractivity contribution in [3.8, 4) is 0 Å². The molecule has 146 valence electrons. The van der Waals surface area contributed by atoms with E-state index in [9.17, 15) is 14.0 Å². The number of amides is 1. The molecule has 7 heteroatoms. The van der Waals surface area contributed by atoms with E-state index in [1.54, 1.807) is 43.5 Å². The molecule has 1 atom stereocenters. The lowest BCUT2D eigenvalue weighted by molar-refractivity contribution is -0.146. The average Bonchev–Trinajstić information content (AvgIpc) is 2.98. The van der Waals surface area contributed by atoms with Gasteiger partial charge in [0.1, 0.15) is 11.9 Å². The number of aryl methyl sites for hydroxylation is 2. The highest BCUT2D eigenvalue weighted by atomic mass is 32.1. The number of ether oxygens (including phenoxy) is 1. The lowest BCUT2D eigenvalue weighted by atomic mass is 10.1. The zero-order chi connectivity index (χ0) is 20.4. The normalized spacial score (nSPS) is 13.0. The largest absolute Gasteiger partial charge is 0.464 e. The van der Waals surface area contributed by atoms with Gasteiger partial charge in [0.05, 0.1) is 16.8 Å². The molecule has 3 rings (SSSR count). The van der Waals surface area contributed by atoms with Crippen molar-refractivity contribution in [3.05, 3.63) is 63.7 Å². The van der Waals surface area contributed by atoms with E-state index in [4.69, 9.17) is 4.74 Å². The fourth-order valence-corrected chi connectivity index (χ4v) is 4.01. The minimum atomic E-state index is -0.750. The maximum Gasteiger partial charge on any atom is 0.328 e. The van der Waals surface area contributed by atoms with Crippen LogP contribution in [-0.4, -0.2) is 23.1 Å². The van der Waals surface area contributed by atoms with Crippen molar-refractivity contribution in [2.45, 2.75) is 33.7 Å². The monoisotopic (exact) mass is 400 g/mol. The van der Waals surface area contributed by atoms with Crippen molar-refractivity contribution in [2.75, 3.05) is 6.61 Å². The van der Waals surface area contributed by atoms with E-state index in [0.717, 1.165) is 10.3 Å². The molecular weight excluding hydrogens is 379 g/mol. The van der Waals surface area contributed by atoms with Crippen molar-refractivity contribution in [3.63, 3.8) is 0 Å². The van der Waals surface area contributed by atoms with Gasteiger partial charge in [-0.25, -0.2) is 9.18 Å². The van der Waals surface area contributed by atoms with E-state index in [2.05, 4.69) is 4.99 Å². The van der Waals surface area contributed by atoms with E-state index >= 15 is 0 Å². The summed E-state index contributed by atoms with van der Waals surface area (Å²) in [6.07, 6.45) is 0. The summed E-state index contributed by atoms with van der Waals surface area (Å²) in [5.41, 5.74) is 2.47. The van der Waals surface area contributed by atoms with Crippen LogP contribution >= 0.6 is 11.3 Å². The predicted octanol–water partition coefficient (Wildman–Crippen LogP) is 4.32. The second-order valence-electron chi connectivity index (χ2n) is 6.53.